The SMILES string of the molecule is CC(C)Oc1ccc(F)cc1C(=O)N1CCNCC1. The molecular formula is C14H19FN2O2. The average Bonchev–Trinajstić information content (AvgIpc) is 2.40. The smallest absolute Gasteiger partial charge is 0.257 e. The molecule has 1 fully saturated rings. The number of hydrogen-bond donors (Lipinski definition) is 1. The molecule has 0 aliphatic carbocycles. The molecule has 5 heteroatoms. The normalized spacial score (nSPS) is 15.7. The molecule has 0 unspecified atom stereocenters. The second kappa shape index (κ2) is 6.02. The summed E-state index contributed by atoms with van der Waals surface area (Å²) in [6, 6.07) is 4.08. The van der Waals surface area contributed by atoms with Crippen molar-refractivity contribution < 1.29 is 13.9 Å². The van der Waals surface area contributed by atoms with Gasteiger partial charge in [-0.15, -0.1) is 0 Å². The predicted octanol–water partition coefficient (Wildman–Crippen LogP) is 1.66. The molecular weight excluding hydrogens is 247 g/mol. The maximum Gasteiger partial charge on any atom is 0.257 e. The first kappa shape index (κ1) is 13.8. The van der Waals surface area contributed by atoms with Gasteiger partial charge < -0.3 is 15.0 Å². The molecule has 0 radical (unpaired) electrons. The fourth-order valence-electron chi connectivity index (χ4n) is 2.06. The van der Waals surface area contributed by atoms with E-state index in [1.54, 1.807) is 4.90 Å². The fourth-order valence-corrected chi connectivity index (χ4v) is 2.06. The Morgan fingerprint density at radius 1 is 1.37 bits per heavy atom. The van der Waals surface area contributed by atoms with E-state index < -0.39 is 5.82 Å². The van der Waals surface area contributed by atoms with E-state index in [1.165, 1.54) is 18.2 Å². The number of benzene rings is 1. The Kier molecular flexibility index (Phi) is 4.37. The van der Waals surface area contributed by atoms with Gasteiger partial charge in [0, 0.05) is 26.2 Å². The van der Waals surface area contributed by atoms with Crippen LogP contribution in [0, 0.1) is 5.82 Å². The number of hydrogen-bond acceptors (Lipinski definition) is 3. The summed E-state index contributed by atoms with van der Waals surface area (Å²) in [6.07, 6.45) is -0.0555. The van der Waals surface area contributed by atoms with Gasteiger partial charge in [-0.2, -0.15) is 0 Å². The summed E-state index contributed by atoms with van der Waals surface area (Å²) in [4.78, 5) is 14.1. The van der Waals surface area contributed by atoms with Crippen molar-refractivity contribution in [3.63, 3.8) is 0 Å². The minimum atomic E-state index is -0.422. The Morgan fingerprint density at radius 3 is 2.68 bits per heavy atom. The summed E-state index contributed by atoms with van der Waals surface area (Å²) >= 11 is 0. The molecule has 1 N–H and O–H groups in total. The van der Waals surface area contributed by atoms with E-state index in [-0.39, 0.29) is 12.0 Å². The van der Waals surface area contributed by atoms with Crippen molar-refractivity contribution in [2.45, 2.75) is 20.0 Å². The number of nitrogens with zero attached hydrogens (tertiary/aromatic N) is 1. The molecule has 1 heterocycles. The topological polar surface area (TPSA) is 41.6 Å². The van der Waals surface area contributed by atoms with Gasteiger partial charge in [0.25, 0.3) is 5.91 Å². The molecule has 1 aliphatic rings. The van der Waals surface area contributed by atoms with Crippen LogP contribution in [0.25, 0.3) is 0 Å². The Hall–Kier alpha value is -1.62. The highest BCUT2D eigenvalue weighted by molar-refractivity contribution is 5.97. The van der Waals surface area contributed by atoms with E-state index in [4.69, 9.17) is 4.74 Å². The first-order valence-electron chi connectivity index (χ1n) is 6.54. The van der Waals surface area contributed by atoms with Crippen LogP contribution in [0.4, 0.5) is 4.39 Å². The monoisotopic (exact) mass is 266 g/mol. The van der Waals surface area contributed by atoms with Crippen molar-refractivity contribution in [1.82, 2.24) is 10.2 Å². The van der Waals surface area contributed by atoms with Gasteiger partial charge in [-0.3, -0.25) is 4.79 Å². The molecule has 1 amide bonds. The molecule has 1 aromatic rings. The number of ether oxygens (including phenoxy) is 1. The zero-order chi connectivity index (χ0) is 13.8. The predicted molar refractivity (Wildman–Crippen MR) is 70.9 cm³/mol. The highest BCUT2D eigenvalue weighted by atomic mass is 19.1. The van der Waals surface area contributed by atoms with Crippen LogP contribution < -0.4 is 10.1 Å². The lowest BCUT2D eigenvalue weighted by molar-refractivity contribution is 0.0729. The van der Waals surface area contributed by atoms with Crippen molar-refractivity contribution in [1.29, 1.82) is 0 Å². The number of halogens is 1. The summed E-state index contributed by atoms with van der Waals surface area (Å²) in [5.41, 5.74) is 0.301. The zero-order valence-corrected chi connectivity index (χ0v) is 11.3. The number of piperazine rings is 1. The molecule has 4 nitrogen and oxygen atoms in total. The Labute approximate surface area is 112 Å². The zero-order valence-electron chi connectivity index (χ0n) is 11.3. The molecule has 0 aromatic heterocycles. The third-order valence-electron chi connectivity index (χ3n) is 2.94. The van der Waals surface area contributed by atoms with Crippen LogP contribution in [0.3, 0.4) is 0 Å². The standard InChI is InChI=1S/C14H19FN2O2/c1-10(2)19-13-4-3-11(15)9-12(13)14(18)17-7-5-16-6-8-17/h3-4,9-10,16H,5-8H2,1-2H3. The number of amides is 1. The van der Waals surface area contributed by atoms with Gasteiger partial charge in [0.1, 0.15) is 11.6 Å². The van der Waals surface area contributed by atoms with Crippen LogP contribution in [-0.2, 0) is 0 Å². The molecule has 19 heavy (non-hydrogen) atoms. The molecule has 0 atom stereocenters. The Morgan fingerprint density at radius 2 is 2.05 bits per heavy atom. The quantitative estimate of drug-likeness (QED) is 0.904. The van der Waals surface area contributed by atoms with Crippen molar-refractivity contribution in [2.24, 2.45) is 0 Å². The number of rotatable bonds is 3. The molecule has 0 spiro atoms. The number of nitrogens with one attached hydrogen (secondary N) is 1. The van der Waals surface area contributed by atoms with Gasteiger partial charge in [-0.1, -0.05) is 0 Å². The Balaban J connectivity index is 2.25. The highest BCUT2D eigenvalue weighted by Crippen LogP contribution is 2.23. The van der Waals surface area contributed by atoms with Gasteiger partial charge in [0.05, 0.1) is 11.7 Å². The average molecular weight is 266 g/mol. The van der Waals surface area contributed by atoms with Gasteiger partial charge in [0.15, 0.2) is 0 Å². The molecule has 0 saturated carbocycles. The third-order valence-corrected chi connectivity index (χ3v) is 2.94. The second-order valence-corrected chi connectivity index (χ2v) is 4.85. The van der Waals surface area contributed by atoms with E-state index >= 15 is 0 Å². The van der Waals surface area contributed by atoms with E-state index in [2.05, 4.69) is 5.32 Å². The van der Waals surface area contributed by atoms with E-state index in [9.17, 15) is 9.18 Å². The van der Waals surface area contributed by atoms with Gasteiger partial charge in [-0.05, 0) is 32.0 Å². The lowest BCUT2D eigenvalue weighted by Gasteiger charge is -2.28. The van der Waals surface area contributed by atoms with Gasteiger partial charge in [-0.25, -0.2) is 4.39 Å². The van der Waals surface area contributed by atoms with E-state index in [0.29, 0.717) is 24.4 Å². The molecule has 0 bridgehead atoms. The van der Waals surface area contributed by atoms with Crippen LogP contribution in [0.2, 0.25) is 0 Å². The first-order chi connectivity index (χ1) is 9.08. The van der Waals surface area contributed by atoms with Crippen LogP contribution in [0.1, 0.15) is 24.2 Å². The maximum absolute atomic E-state index is 13.4. The largest absolute Gasteiger partial charge is 0.490 e. The fraction of sp³-hybridized carbons (Fsp3) is 0.500. The van der Waals surface area contributed by atoms with E-state index in [1.807, 2.05) is 13.8 Å². The molecule has 1 aliphatic heterocycles. The van der Waals surface area contributed by atoms with Crippen molar-refractivity contribution >= 4 is 5.91 Å². The van der Waals surface area contributed by atoms with E-state index in [0.717, 1.165) is 13.1 Å². The molecule has 104 valence electrons. The van der Waals surface area contributed by atoms with Crippen LogP contribution >= 0.6 is 0 Å². The molecule has 1 saturated heterocycles. The first-order valence-corrected chi connectivity index (χ1v) is 6.54. The minimum absolute atomic E-state index is 0.0555. The number of carbonyl (C=O) groups is 1. The van der Waals surface area contributed by atoms with Crippen LogP contribution in [0.5, 0.6) is 5.75 Å². The second-order valence-electron chi connectivity index (χ2n) is 4.85. The molecule has 1 aromatic carbocycles. The van der Waals surface area contributed by atoms with Crippen molar-refractivity contribution in [2.75, 3.05) is 26.2 Å². The van der Waals surface area contributed by atoms with Crippen molar-refractivity contribution in [3.05, 3.63) is 29.6 Å². The lowest BCUT2D eigenvalue weighted by atomic mass is 10.1. The summed E-state index contributed by atoms with van der Waals surface area (Å²) < 4.78 is 19.0. The lowest BCUT2D eigenvalue weighted by Crippen LogP contribution is -2.46. The van der Waals surface area contributed by atoms with Crippen LogP contribution in [-0.4, -0.2) is 43.1 Å². The maximum atomic E-state index is 13.4. The summed E-state index contributed by atoms with van der Waals surface area (Å²) in [5.74, 6) is -0.147. The third kappa shape index (κ3) is 3.44. The van der Waals surface area contributed by atoms with Crippen LogP contribution in [0.15, 0.2) is 18.2 Å². The van der Waals surface area contributed by atoms with Gasteiger partial charge >= 0.3 is 0 Å². The minimum Gasteiger partial charge on any atom is -0.490 e. The Bertz CT molecular complexity index is 457. The summed E-state index contributed by atoms with van der Waals surface area (Å²) in [7, 11) is 0. The van der Waals surface area contributed by atoms with Gasteiger partial charge in [0.2, 0.25) is 0 Å². The summed E-state index contributed by atoms with van der Waals surface area (Å²) in [5, 5.41) is 3.18. The molecule has 2 rings (SSSR count). The summed E-state index contributed by atoms with van der Waals surface area (Å²) in [6.45, 7) is 6.56. The highest BCUT2D eigenvalue weighted by Gasteiger charge is 2.22. The number of carbonyl (C=O) groups excluding carboxylic acids is 1. The van der Waals surface area contributed by atoms with Crippen molar-refractivity contribution in [3.8, 4) is 5.75 Å².